The van der Waals surface area contributed by atoms with Gasteiger partial charge in [-0.25, -0.2) is 8.42 Å². The van der Waals surface area contributed by atoms with Crippen molar-refractivity contribution >= 4 is 21.2 Å². The predicted molar refractivity (Wildman–Crippen MR) is 80.2 cm³/mol. The van der Waals surface area contributed by atoms with Crippen molar-refractivity contribution in [3.8, 4) is 0 Å². The number of thiophene rings is 1. The minimum atomic E-state index is -2.79. The molecule has 1 aromatic rings. The Kier molecular flexibility index (Phi) is 5.00. The molecule has 2 heterocycles. The zero-order chi connectivity index (χ0) is 13.9. The molecule has 1 aliphatic rings. The Labute approximate surface area is 119 Å². The largest absolute Gasteiger partial charge is 0.312 e. The Balaban J connectivity index is 1.88. The van der Waals surface area contributed by atoms with Gasteiger partial charge in [-0.1, -0.05) is 6.92 Å². The van der Waals surface area contributed by atoms with Gasteiger partial charge >= 0.3 is 0 Å². The van der Waals surface area contributed by atoms with Gasteiger partial charge in [0.05, 0.1) is 11.5 Å². The van der Waals surface area contributed by atoms with Crippen LogP contribution in [0.5, 0.6) is 0 Å². The van der Waals surface area contributed by atoms with E-state index in [-0.39, 0.29) is 6.04 Å². The molecule has 1 unspecified atom stereocenters. The van der Waals surface area contributed by atoms with E-state index in [4.69, 9.17) is 0 Å². The van der Waals surface area contributed by atoms with E-state index in [0.717, 1.165) is 26.1 Å². The first kappa shape index (κ1) is 15.0. The summed E-state index contributed by atoms with van der Waals surface area (Å²) in [7, 11) is -0.765. The summed E-state index contributed by atoms with van der Waals surface area (Å²) in [5.74, 6) is 0.664. The normalized spacial score (nSPS) is 22.2. The van der Waals surface area contributed by atoms with Gasteiger partial charge in [0.2, 0.25) is 0 Å². The van der Waals surface area contributed by atoms with Crippen LogP contribution < -0.4 is 5.32 Å². The molecule has 19 heavy (non-hydrogen) atoms. The van der Waals surface area contributed by atoms with Crippen molar-refractivity contribution in [2.45, 2.75) is 32.5 Å². The molecular formula is C13H22N2O2S2. The van der Waals surface area contributed by atoms with Crippen LogP contribution in [0.15, 0.2) is 12.1 Å². The molecule has 2 rings (SSSR count). The molecule has 1 atom stereocenters. The molecule has 4 nitrogen and oxygen atoms in total. The Morgan fingerprint density at radius 2 is 2.16 bits per heavy atom. The molecule has 0 amide bonds. The number of sulfone groups is 1. The highest BCUT2D eigenvalue weighted by atomic mass is 32.2. The summed E-state index contributed by atoms with van der Waals surface area (Å²) in [6.45, 7) is 4.84. The summed E-state index contributed by atoms with van der Waals surface area (Å²) in [6, 6.07) is 4.49. The van der Waals surface area contributed by atoms with Gasteiger partial charge in [-0.05, 0) is 32.1 Å². The highest BCUT2D eigenvalue weighted by Crippen LogP contribution is 2.22. The maximum absolute atomic E-state index is 11.5. The van der Waals surface area contributed by atoms with Crippen LogP contribution >= 0.6 is 11.3 Å². The molecule has 1 fully saturated rings. The number of hydrogen-bond acceptors (Lipinski definition) is 5. The number of nitrogens with one attached hydrogen (secondary N) is 1. The summed E-state index contributed by atoms with van der Waals surface area (Å²) in [5, 5.41) is 3.31. The molecule has 1 aliphatic heterocycles. The van der Waals surface area contributed by atoms with Crippen LogP contribution in [0.3, 0.4) is 0 Å². The first-order valence-corrected chi connectivity index (χ1v) is 9.33. The molecule has 6 heteroatoms. The Morgan fingerprint density at radius 3 is 2.79 bits per heavy atom. The van der Waals surface area contributed by atoms with Crippen molar-refractivity contribution in [2.75, 3.05) is 25.1 Å². The Bertz CT molecular complexity index is 510. The second-order valence-electron chi connectivity index (χ2n) is 5.12. The second kappa shape index (κ2) is 6.35. The zero-order valence-electron chi connectivity index (χ0n) is 11.6. The van der Waals surface area contributed by atoms with Crippen LogP contribution in [0, 0.1) is 0 Å². The van der Waals surface area contributed by atoms with Crippen LogP contribution in [-0.4, -0.2) is 44.5 Å². The van der Waals surface area contributed by atoms with Crippen molar-refractivity contribution in [3.05, 3.63) is 21.9 Å². The molecule has 0 aliphatic carbocycles. The van der Waals surface area contributed by atoms with Gasteiger partial charge in [0.15, 0.2) is 9.84 Å². The summed E-state index contributed by atoms with van der Waals surface area (Å²) in [4.78, 5) is 4.82. The Morgan fingerprint density at radius 1 is 1.42 bits per heavy atom. The second-order valence-corrected chi connectivity index (χ2v) is 8.60. The van der Waals surface area contributed by atoms with E-state index < -0.39 is 9.84 Å². The van der Waals surface area contributed by atoms with Crippen molar-refractivity contribution in [1.29, 1.82) is 0 Å². The monoisotopic (exact) mass is 302 g/mol. The fraction of sp³-hybridized carbons (Fsp3) is 0.692. The molecule has 0 saturated carbocycles. The topological polar surface area (TPSA) is 49.4 Å². The van der Waals surface area contributed by atoms with E-state index in [2.05, 4.69) is 29.3 Å². The summed E-state index contributed by atoms with van der Waals surface area (Å²) in [5.41, 5.74) is 0. The minimum Gasteiger partial charge on any atom is -0.312 e. The Hall–Kier alpha value is -0.430. The van der Waals surface area contributed by atoms with Crippen molar-refractivity contribution < 1.29 is 8.42 Å². The van der Waals surface area contributed by atoms with Crippen molar-refractivity contribution in [2.24, 2.45) is 0 Å². The van der Waals surface area contributed by atoms with Gasteiger partial charge in [-0.3, -0.25) is 4.90 Å². The average Bonchev–Trinajstić information content (AvgIpc) is 2.93. The first-order valence-electron chi connectivity index (χ1n) is 6.69. The van der Waals surface area contributed by atoms with E-state index in [1.54, 1.807) is 11.3 Å². The molecule has 1 N–H and O–H groups in total. The highest BCUT2D eigenvalue weighted by molar-refractivity contribution is 7.91. The molecular weight excluding hydrogens is 280 g/mol. The van der Waals surface area contributed by atoms with Gasteiger partial charge < -0.3 is 5.32 Å². The highest BCUT2D eigenvalue weighted by Gasteiger charge is 2.30. The fourth-order valence-corrected chi connectivity index (χ4v) is 5.21. The average molecular weight is 302 g/mol. The van der Waals surface area contributed by atoms with Crippen LogP contribution in [0.4, 0.5) is 0 Å². The van der Waals surface area contributed by atoms with E-state index in [1.165, 1.54) is 9.75 Å². The quantitative estimate of drug-likeness (QED) is 0.865. The van der Waals surface area contributed by atoms with E-state index in [0.29, 0.717) is 11.5 Å². The van der Waals surface area contributed by atoms with E-state index in [9.17, 15) is 8.42 Å². The lowest BCUT2D eigenvalue weighted by molar-refractivity contribution is 0.256. The van der Waals surface area contributed by atoms with Gasteiger partial charge in [-0.2, -0.15) is 0 Å². The third-order valence-electron chi connectivity index (χ3n) is 3.50. The maximum atomic E-state index is 11.5. The summed E-state index contributed by atoms with van der Waals surface area (Å²) < 4.78 is 23.0. The number of nitrogens with zero attached hydrogens (tertiary/aromatic N) is 1. The third-order valence-corrected chi connectivity index (χ3v) is 6.32. The van der Waals surface area contributed by atoms with Gasteiger partial charge in [0.25, 0.3) is 0 Å². The van der Waals surface area contributed by atoms with E-state index in [1.807, 2.05) is 7.05 Å². The molecule has 0 spiro atoms. The van der Waals surface area contributed by atoms with Crippen molar-refractivity contribution in [1.82, 2.24) is 10.2 Å². The van der Waals surface area contributed by atoms with Gasteiger partial charge in [0, 0.05) is 28.9 Å². The molecule has 0 radical (unpaired) electrons. The lowest BCUT2D eigenvalue weighted by atomic mass is 10.2. The lowest BCUT2D eigenvalue weighted by Crippen LogP contribution is -2.31. The molecule has 0 aromatic carbocycles. The zero-order valence-corrected chi connectivity index (χ0v) is 13.2. The molecule has 108 valence electrons. The van der Waals surface area contributed by atoms with Gasteiger partial charge in [-0.15, -0.1) is 11.3 Å². The lowest BCUT2D eigenvalue weighted by Gasteiger charge is -2.22. The van der Waals surface area contributed by atoms with Crippen molar-refractivity contribution in [3.63, 3.8) is 0 Å². The minimum absolute atomic E-state index is 0.185. The summed E-state index contributed by atoms with van der Waals surface area (Å²) >= 11 is 1.81. The predicted octanol–water partition coefficient (Wildman–Crippen LogP) is 1.48. The smallest absolute Gasteiger partial charge is 0.151 e. The fourth-order valence-electron chi connectivity index (χ4n) is 2.35. The van der Waals surface area contributed by atoms with Crippen LogP contribution in [-0.2, 0) is 22.9 Å². The molecule has 0 bridgehead atoms. The maximum Gasteiger partial charge on any atom is 0.151 e. The van der Waals surface area contributed by atoms with Crippen LogP contribution in [0.2, 0.25) is 0 Å². The van der Waals surface area contributed by atoms with Crippen LogP contribution in [0.25, 0.3) is 0 Å². The first-order chi connectivity index (χ1) is 9.00. The molecule has 1 aromatic heterocycles. The summed E-state index contributed by atoms with van der Waals surface area (Å²) in [6.07, 6.45) is 0.772. The molecule has 1 saturated heterocycles. The SMILES string of the molecule is CCNCc1ccc(CN(C)C2CCS(=O)(=O)C2)s1. The standard InChI is InChI=1S/C13H22N2O2S2/c1-3-14-8-12-4-5-13(18-12)9-15(2)11-6-7-19(16,17)10-11/h4-5,11,14H,3,6-10H2,1-2H3. The van der Waals surface area contributed by atoms with Gasteiger partial charge in [0.1, 0.15) is 0 Å². The number of hydrogen-bond donors (Lipinski definition) is 1. The van der Waals surface area contributed by atoms with Crippen LogP contribution in [0.1, 0.15) is 23.1 Å². The number of rotatable bonds is 6. The third kappa shape index (κ3) is 4.27. The van der Waals surface area contributed by atoms with E-state index >= 15 is 0 Å².